The number of aromatic nitrogens is 3. The van der Waals surface area contributed by atoms with Crippen molar-refractivity contribution in [1.29, 1.82) is 0 Å². The number of rotatable bonds is 6. The molecule has 6 rings (SSSR count). The third kappa shape index (κ3) is 5.63. The minimum absolute atomic E-state index is 0.0161. The van der Waals surface area contributed by atoms with Crippen LogP contribution in [0.4, 0.5) is 5.69 Å². The fourth-order valence-corrected chi connectivity index (χ4v) is 6.14. The Hall–Kier alpha value is -4.53. The van der Waals surface area contributed by atoms with E-state index in [1.165, 1.54) is 0 Å². The number of nitrogens with zero attached hydrogens (tertiary/aromatic N) is 4. The van der Waals surface area contributed by atoms with Crippen molar-refractivity contribution in [1.82, 2.24) is 19.9 Å². The summed E-state index contributed by atoms with van der Waals surface area (Å²) in [6, 6.07) is 16.8. The number of amides is 2. The molecule has 0 spiro atoms. The van der Waals surface area contributed by atoms with E-state index in [1.54, 1.807) is 29.1 Å². The average molecular weight is 580 g/mol. The lowest BCUT2D eigenvalue weighted by Gasteiger charge is -2.34. The van der Waals surface area contributed by atoms with Crippen LogP contribution in [-0.4, -0.2) is 44.9 Å². The van der Waals surface area contributed by atoms with E-state index in [0.717, 1.165) is 47.8 Å². The van der Waals surface area contributed by atoms with Gasteiger partial charge in [0.15, 0.2) is 12.6 Å². The van der Waals surface area contributed by atoms with Crippen LogP contribution in [0.25, 0.3) is 22.4 Å². The summed E-state index contributed by atoms with van der Waals surface area (Å²) < 4.78 is 7.37. The van der Waals surface area contributed by atoms with Crippen LogP contribution in [0, 0.1) is 11.3 Å². The van der Waals surface area contributed by atoms with Gasteiger partial charge in [-0.05, 0) is 58.2 Å². The Labute approximate surface area is 251 Å². The third-order valence-electron chi connectivity index (χ3n) is 8.39. The van der Waals surface area contributed by atoms with Gasteiger partial charge in [-0.25, -0.2) is 9.97 Å². The predicted octanol–water partition coefficient (Wildman–Crippen LogP) is 5.52. The molecule has 1 N–H and O–H groups in total. The summed E-state index contributed by atoms with van der Waals surface area (Å²) in [4.78, 5) is 51.4. The monoisotopic (exact) mass is 579 g/mol. The van der Waals surface area contributed by atoms with Crippen LogP contribution in [0.15, 0.2) is 67.0 Å². The van der Waals surface area contributed by atoms with Gasteiger partial charge < -0.3 is 15.0 Å². The van der Waals surface area contributed by atoms with Crippen LogP contribution in [0.2, 0.25) is 0 Å². The highest BCUT2D eigenvalue weighted by Gasteiger charge is 2.39. The molecule has 2 atom stereocenters. The van der Waals surface area contributed by atoms with Crippen LogP contribution in [-0.2, 0) is 27.5 Å². The molecule has 1 saturated carbocycles. The molecule has 0 radical (unpaired) electrons. The minimum Gasteiger partial charge on any atom is -0.443 e. The number of benzene rings is 2. The first-order valence-electron chi connectivity index (χ1n) is 15.0. The van der Waals surface area contributed by atoms with Gasteiger partial charge >= 0.3 is 5.97 Å². The Morgan fingerprint density at radius 2 is 1.74 bits per heavy atom. The Balaban J connectivity index is 1.33. The van der Waals surface area contributed by atoms with Crippen molar-refractivity contribution in [3.63, 3.8) is 0 Å². The van der Waals surface area contributed by atoms with Crippen molar-refractivity contribution in [2.45, 2.75) is 65.6 Å². The molecular weight excluding hydrogens is 542 g/mol. The molecule has 1 fully saturated rings. The summed E-state index contributed by atoms with van der Waals surface area (Å²) in [5.41, 5.74) is 3.21. The molecule has 0 unspecified atom stereocenters. The summed E-state index contributed by atoms with van der Waals surface area (Å²) >= 11 is 0. The van der Waals surface area contributed by atoms with E-state index in [-0.39, 0.29) is 36.5 Å². The molecular formula is C34H37N5O4. The fraction of sp³-hybridized carbons (Fsp3) is 0.382. The molecule has 4 aromatic rings. The number of pyridine rings is 1. The first-order valence-corrected chi connectivity index (χ1v) is 15.0. The molecule has 9 nitrogen and oxygen atoms in total. The lowest BCUT2D eigenvalue weighted by atomic mass is 9.83. The van der Waals surface area contributed by atoms with Crippen molar-refractivity contribution < 1.29 is 19.1 Å². The lowest BCUT2D eigenvalue weighted by molar-refractivity contribution is -0.156. The lowest BCUT2D eigenvalue weighted by Crippen LogP contribution is -2.49. The van der Waals surface area contributed by atoms with E-state index in [4.69, 9.17) is 9.72 Å². The highest BCUT2D eigenvalue weighted by Crippen LogP contribution is 2.42. The number of nitrogens with one attached hydrogen (secondary N) is 1. The number of para-hydroxylation sites is 1. The van der Waals surface area contributed by atoms with Crippen molar-refractivity contribution in [3.8, 4) is 11.5 Å². The number of carbonyl (C=O) groups is 3. The van der Waals surface area contributed by atoms with Gasteiger partial charge in [0.2, 0.25) is 5.91 Å². The molecule has 222 valence electrons. The number of carbonyl (C=O) groups excluding carboxylic acids is 3. The van der Waals surface area contributed by atoms with E-state index in [0.29, 0.717) is 30.0 Å². The van der Waals surface area contributed by atoms with Crippen molar-refractivity contribution >= 4 is 34.4 Å². The number of ether oxygens (including phenoxy) is 1. The van der Waals surface area contributed by atoms with E-state index in [1.807, 2.05) is 68.1 Å². The predicted molar refractivity (Wildman–Crippen MR) is 164 cm³/mol. The minimum atomic E-state index is -0.623. The van der Waals surface area contributed by atoms with Gasteiger partial charge in [0.25, 0.3) is 5.91 Å². The standard InChI is InChI=1S/C34H37N5O4/c1-34(2,3)33(42)43-21-38-20-18-35-30(38)28-25-17-19-39(29(25)23-13-7-9-15-26(23)36-28)32(41)24-14-8-10-16-27(24)37-31(40)22-11-5-4-6-12-22/h4-7,9,11-13,15,18,20,24,27H,8,10,14,16-17,19,21H2,1-3H3,(H,37,40)/t24-,27+/m0/s1. The van der Waals surface area contributed by atoms with Crippen LogP contribution in [0.1, 0.15) is 62.4 Å². The third-order valence-corrected chi connectivity index (χ3v) is 8.39. The van der Waals surface area contributed by atoms with Crippen molar-refractivity contribution in [2.75, 3.05) is 11.4 Å². The van der Waals surface area contributed by atoms with Gasteiger partial charge in [-0.1, -0.05) is 49.2 Å². The zero-order valence-corrected chi connectivity index (χ0v) is 24.9. The summed E-state index contributed by atoms with van der Waals surface area (Å²) in [5, 5.41) is 4.08. The van der Waals surface area contributed by atoms with Crippen LogP contribution < -0.4 is 10.2 Å². The van der Waals surface area contributed by atoms with Crippen LogP contribution in [0.3, 0.4) is 0 Å². The number of esters is 1. The second kappa shape index (κ2) is 11.6. The fourth-order valence-electron chi connectivity index (χ4n) is 6.14. The maximum absolute atomic E-state index is 14.3. The first kappa shape index (κ1) is 28.6. The Bertz CT molecular complexity index is 1670. The second-order valence-corrected chi connectivity index (χ2v) is 12.4. The number of hydrogen-bond donors (Lipinski definition) is 1. The number of hydrogen-bond acceptors (Lipinski definition) is 6. The van der Waals surface area contributed by atoms with E-state index in [2.05, 4.69) is 10.3 Å². The normalized spacial score (nSPS) is 18.3. The summed E-state index contributed by atoms with van der Waals surface area (Å²) in [7, 11) is 0. The zero-order chi connectivity index (χ0) is 30.1. The van der Waals surface area contributed by atoms with Crippen molar-refractivity contribution in [2.24, 2.45) is 11.3 Å². The quantitative estimate of drug-likeness (QED) is 0.302. The maximum atomic E-state index is 14.3. The highest BCUT2D eigenvalue weighted by molar-refractivity contribution is 6.08. The molecule has 43 heavy (non-hydrogen) atoms. The Morgan fingerprint density at radius 1 is 1.00 bits per heavy atom. The Kier molecular flexibility index (Phi) is 7.73. The summed E-state index contributed by atoms with van der Waals surface area (Å²) in [6.07, 6.45) is 7.47. The molecule has 0 saturated heterocycles. The smallest absolute Gasteiger partial charge is 0.312 e. The molecule has 2 aliphatic rings. The summed E-state index contributed by atoms with van der Waals surface area (Å²) in [5.74, 6) is -0.156. The molecule has 0 bridgehead atoms. The zero-order valence-electron chi connectivity index (χ0n) is 24.9. The van der Waals surface area contributed by atoms with E-state index >= 15 is 0 Å². The molecule has 2 aromatic carbocycles. The van der Waals surface area contributed by atoms with Gasteiger partial charge in [0.1, 0.15) is 5.69 Å². The SMILES string of the molecule is CC(C)(C)C(=O)OCn1ccnc1-c1nc2ccccc2c2c1CCN2C(=O)[C@H]1CCCC[C@H]1NC(=O)c1ccccc1. The molecule has 2 aromatic heterocycles. The molecule has 2 amide bonds. The number of anilines is 1. The van der Waals surface area contributed by atoms with Gasteiger partial charge in [-0.2, -0.15) is 0 Å². The molecule has 1 aliphatic carbocycles. The molecule has 1 aliphatic heterocycles. The first-order chi connectivity index (χ1) is 20.7. The van der Waals surface area contributed by atoms with Crippen LogP contribution in [0.5, 0.6) is 0 Å². The van der Waals surface area contributed by atoms with Gasteiger partial charge in [0, 0.05) is 41.5 Å². The van der Waals surface area contributed by atoms with Crippen molar-refractivity contribution in [3.05, 3.63) is 78.1 Å². The largest absolute Gasteiger partial charge is 0.443 e. The van der Waals surface area contributed by atoms with Crippen LogP contribution >= 0.6 is 0 Å². The summed E-state index contributed by atoms with van der Waals surface area (Å²) in [6.45, 7) is 5.99. The molecule has 9 heteroatoms. The second-order valence-electron chi connectivity index (χ2n) is 12.4. The van der Waals surface area contributed by atoms with E-state index in [9.17, 15) is 14.4 Å². The molecule has 3 heterocycles. The average Bonchev–Trinajstić information content (AvgIpc) is 3.67. The topological polar surface area (TPSA) is 106 Å². The Morgan fingerprint density at radius 3 is 2.53 bits per heavy atom. The number of imidazole rings is 1. The highest BCUT2D eigenvalue weighted by atomic mass is 16.5. The van der Waals surface area contributed by atoms with Gasteiger partial charge in [-0.15, -0.1) is 0 Å². The maximum Gasteiger partial charge on any atom is 0.312 e. The van der Waals surface area contributed by atoms with Gasteiger partial charge in [0.05, 0.1) is 22.5 Å². The van der Waals surface area contributed by atoms with E-state index < -0.39 is 5.41 Å². The number of fused-ring (bicyclic) bond motifs is 3. The van der Waals surface area contributed by atoms with Gasteiger partial charge in [-0.3, -0.25) is 19.0 Å².